The zero-order valence-electron chi connectivity index (χ0n) is 11.0. The Morgan fingerprint density at radius 2 is 2.10 bits per heavy atom. The molecule has 0 aliphatic heterocycles. The van der Waals surface area contributed by atoms with E-state index in [0.717, 1.165) is 9.35 Å². The zero-order valence-corrected chi connectivity index (χ0v) is 13.4. The van der Waals surface area contributed by atoms with Crippen molar-refractivity contribution < 1.29 is 15.0 Å². The fourth-order valence-corrected chi connectivity index (χ4v) is 3.22. The number of amides is 1. The zero-order chi connectivity index (χ0) is 15.4. The van der Waals surface area contributed by atoms with Crippen LogP contribution in [0.5, 0.6) is 11.5 Å². The third-order valence-electron chi connectivity index (χ3n) is 2.95. The summed E-state index contributed by atoms with van der Waals surface area (Å²) in [5.74, 6) is -0.676. The average Bonchev–Trinajstić information content (AvgIpc) is 2.85. The molecule has 0 spiro atoms. The fourth-order valence-electron chi connectivity index (χ4n) is 1.79. The Morgan fingerprint density at radius 1 is 1.33 bits per heavy atom. The molecule has 1 aromatic heterocycles. The Hall–Kier alpha value is -1.57. The molecule has 112 valence electrons. The Bertz CT molecular complexity index is 645. The van der Waals surface area contributed by atoms with Gasteiger partial charge in [-0.25, -0.2) is 0 Å². The van der Waals surface area contributed by atoms with Crippen molar-refractivity contribution in [1.82, 2.24) is 5.32 Å². The van der Waals surface area contributed by atoms with Crippen LogP contribution in [-0.4, -0.2) is 22.2 Å². The highest BCUT2D eigenvalue weighted by molar-refractivity contribution is 9.10. The van der Waals surface area contributed by atoms with Crippen LogP contribution in [-0.2, 0) is 17.8 Å². The topological polar surface area (TPSA) is 95.6 Å². The number of aromatic hydroxyl groups is 2. The van der Waals surface area contributed by atoms with Crippen molar-refractivity contribution >= 4 is 33.2 Å². The molecule has 0 saturated carbocycles. The lowest BCUT2D eigenvalue weighted by atomic mass is 10.1. The van der Waals surface area contributed by atoms with Gasteiger partial charge >= 0.3 is 0 Å². The molecule has 0 radical (unpaired) electrons. The quantitative estimate of drug-likeness (QED) is 0.606. The van der Waals surface area contributed by atoms with Crippen LogP contribution >= 0.6 is 27.3 Å². The smallest absolute Gasteiger partial charge is 0.237 e. The lowest BCUT2D eigenvalue weighted by molar-refractivity contribution is -0.122. The second-order valence-corrected chi connectivity index (χ2v) is 6.40. The molecule has 1 amide bonds. The molecule has 0 aliphatic rings. The number of halogens is 1. The monoisotopic (exact) mass is 370 g/mol. The van der Waals surface area contributed by atoms with Crippen LogP contribution in [0.4, 0.5) is 0 Å². The number of carbonyl (C=O) groups is 1. The summed E-state index contributed by atoms with van der Waals surface area (Å²) in [6.07, 6.45) is 0.283. The second kappa shape index (κ2) is 6.93. The van der Waals surface area contributed by atoms with Gasteiger partial charge in [0.1, 0.15) is 0 Å². The van der Waals surface area contributed by atoms with Crippen LogP contribution in [0.2, 0.25) is 0 Å². The molecule has 5 N–H and O–H groups in total. The highest BCUT2D eigenvalue weighted by atomic mass is 79.9. The van der Waals surface area contributed by atoms with E-state index in [1.54, 1.807) is 17.4 Å². The highest BCUT2D eigenvalue weighted by Gasteiger charge is 2.15. The number of benzene rings is 1. The van der Waals surface area contributed by atoms with E-state index in [4.69, 9.17) is 5.73 Å². The summed E-state index contributed by atoms with van der Waals surface area (Å²) in [5, 5.41) is 23.4. The summed E-state index contributed by atoms with van der Waals surface area (Å²) in [6, 6.07) is 5.60. The van der Waals surface area contributed by atoms with Crippen LogP contribution in [0.1, 0.15) is 10.4 Å². The minimum atomic E-state index is -0.715. The molecule has 7 heteroatoms. The number of phenolic OH excluding ortho intramolecular Hbond substituents is 2. The van der Waals surface area contributed by atoms with Crippen molar-refractivity contribution in [1.29, 1.82) is 0 Å². The summed E-state index contributed by atoms with van der Waals surface area (Å²) in [7, 11) is 0. The van der Waals surface area contributed by atoms with E-state index in [0.29, 0.717) is 12.1 Å². The van der Waals surface area contributed by atoms with E-state index in [2.05, 4.69) is 21.2 Å². The van der Waals surface area contributed by atoms with Gasteiger partial charge in [0.05, 0.1) is 12.6 Å². The molecule has 5 nitrogen and oxygen atoms in total. The molecule has 21 heavy (non-hydrogen) atoms. The molecule has 0 fully saturated rings. The molecular weight excluding hydrogens is 356 g/mol. The van der Waals surface area contributed by atoms with Crippen molar-refractivity contribution in [2.75, 3.05) is 0 Å². The van der Waals surface area contributed by atoms with E-state index in [-0.39, 0.29) is 23.8 Å². The predicted octanol–water partition coefficient (Wildman–Crippen LogP) is 2.11. The van der Waals surface area contributed by atoms with Gasteiger partial charge in [-0.15, -0.1) is 11.3 Å². The first kappa shape index (κ1) is 15.8. The van der Waals surface area contributed by atoms with E-state index in [1.807, 2.05) is 11.4 Å². The van der Waals surface area contributed by atoms with E-state index < -0.39 is 6.04 Å². The molecule has 2 aromatic rings. The van der Waals surface area contributed by atoms with Gasteiger partial charge in [-0.1, -0.05) is 6.07 Å². The Labute approximate surface area is 134 Å². The van der Waals surface area contributed by atoms with Crippen molar-refractivity contribution in [3.8, 4) is 11.5 Å². The highest BCUT2D eigenvalue weighted by Crippen LogP contribution is 2.25. The molecule has 2 rings (SSSR count). The third-order valence-corrected chi connectivity index (χ3v) is 4.87. The normalized spacial score (nSPS) is 12.1. The van der Waals surface area contributed by atoms with E-state index in [9.17, 15) is 15.0 Å². The minimum absolute atomic E-state index is 0.195. The maximum atomic E-state index is 11.9. The Morgan fingerprint density at radius 3 is 2.71 bits per heavy atom. The summed E-state index contributed by atoms with van der Waals surface area (Å²) < 4.78 is 0.963. The van der Waals surface area contributed by atoms with Crippen molar-refractivity contribution in [2.24, 2.45) is 5.73 Å². The number of nitrogens with two attached hydrogens (primary N) is 1. The predicted molar refractivity (Wildman–Crippen MR) is 85.3 cm³/mol. The lowest BCUT2D eigenvalue weighted by Crippen LogP contribution is -2.41. The van der Waals surface area contributed by atoms with Crippen molar-refractivity contribution in [2.45, 2.75) is 19.0 Å². The van der Waals surface area contributed by atoms with Gasteiger partial charge < -0.3 is 21.3 Å². The summed E-state index contributed by atoms with van der Waals surface area (Å²) >= 11 is 4.95. The largest absolute Gasteiger partial charge is 0.504 e. The van der Waals surface area contributed by atoms with Gasteiger partial charge in [-0.2, -0.15) is 0 Å². The summed E-state index contributed by atoms with van der Waals surface area (Å²) in [5.41, 5.74) is 6.54. The summed E-state index contributed by atoms with van der Waals surface area (Å²) in [6.45, 7) is 0.422. The van der Waals surface area contributed by atoms with Gasteiger partial charge in [0.2, 0.25) is 5.91 Å². The van der Waals surface area contributed by atoms with E-state index in [1.165, 1.54) is 12.1 Å². The lowest BCUT2D eigenvalue weighted by Gasteiger charge is -2.12. The molecule has 0 aliphatic carbocycles. The fraction of sp³-hybridized carbons (Fsp3) is 0.214. The standard InChI is InChI=1S/C14H15BrN2O3S/c15-9-3-4-21-13(9)7-17-14(20)10(16)5-8-1-2-11(18)12(19)6-8/h1-4,6,10,18-19H,5,7,16H2,(H,17,20)/t10-/m0/s1. The number of phenols is 2. The molecule has 1 heterocycles. The minimum Gasteiger partial charge on any atom is -0.504 e. The third kappa shape index (κ3) is 4.20. The summed E-state index contributed by atoms with van der Waals surface area (Å²) in [4.78, 5) is 13.0. The van der Waals surface area contributed by atoms with Gasteiger partial charge in [0.25, 0.3) is 0 Å². The molecule has 1 aromatic carbocycles. The molecule has 0 saturated heterocycles. The number of thiophene rings is 1. The first-order valence-electron chi connectivity index (χ1n) is 6.23. The number of nitrogens with one attached hydrogen (secondary N) is 1. The van der Waals surface area contributed by atoms with Gasteiger partial charge in [0, 0.05) is 9.35 Å². The number of rotatable bonds is 5. The first-order chi connectivity index (χ1) is 9.97. The van der Waals surface area contributed by atoms with Crippen molar-refractivity contribution in [3.63, 3.8) is 0 Å². The van der Waals surface area contributed by atoms with Gasteiger partial charge in [0.15, 0.2) is 11.5 Å². The first-order valence-corrected chi connectivity index (χ1v) is 7.90. The Balaban J connectivity index is 1.90. The number of hydrogen-bond acceptors (Lipinski definition) is 5. The van der Waals surface area contributed by atoms with Gasteiger partial charge in [-0.3, -0.25) is 4.79 Å². The van der Waals surface area contributed by atoms with Crippen LogP contribution in [0.15, 0.2) is 34.1 Å². The molecular formula is C14H15BrN2O3S. The van der Waals surface area contributed by atoms with E-state index >= 15 is 0 Å². The number of carbonyl (C=O) groups excluding carboxylic acids is 1. The molecule has 0 unspecified atom stereocenters. The average molecular weight is 371 g/mol. The van der Waals surface area contributed by atoms with Crippen molar-refractivity contribution in [3.05, 3.63) is 44.6 Å². The van der Waals surface area contributed by atoms with Crippen LogP contribution < -0.4 is 11.1 Å². The second-order valence-electron chi connectivity index (χ2n) is 4.54. The SMILES string of the molecule is N[C@@H](Cc1ccc(O)c(O)c1)C(=O)NCc1sccc1Br. The van der Waals surface area contributed by atoms with Gasteiger partial charge in [-0.05, 0) is 51.5 Å². The Kier molecular flexibility index (Phi) is 5.22. The molecule has 1 atom stereocenters. The maximum Gasteiger partial charge on any atom is 0.237 e. The molecule has 0 bridgehead atoms. The number of hydrogen-bond donors (Lipinski definition) is 4. The van der Waals surface area contributed by atoms with Crippen LogP contribution in [0, 0.1) is 0 Å². The van der Waals surface area contributed by atoms with Crippen LogP contribution in [0.3, 0.4) is 0 Å². The maximum absolute atomic E-state index is 11.9. The van der Waals surface area contributed by atoms with Crippen LogP contribution in [0.25, 0.3) is 0 Å².